The lowest BCUT2D eigenvalue weighted by Gasteiger charge is -2.11. The largest absolute Gasteiger partial charge is 0.504 e. The number of thiophene rings is 1. The second-order valence-corrected chi connectivity index (χ2v) is 8.00. The molecule has 0 aliphatic rings. The predicted octanol–water partition coefficient (Wildman–Crippen LogP) is 4.84. The van der Waals surface area contributed by atoms with Gasteiger partial charge in [-0.3, -0.25) is 0 Å². The van der Waals surface area contributed by atoms with Crippen LogP contribution in [0.1, 0.15) is 15.9 Å². The van der Waals surface area contributed by atoms with Crippen LogP contribution in [-0.2, 0) is 11.3 Å². The Morgan fingerprint density at radius 3 is 2.62 bits per heavy atom. The summed E-state index contributed by atoms with van der Waals surface area (Å²) in [5.41, 5.74) is 1.44. The minimum absolute atomic E-state index is 0.0770. The van der Waals surface area contributed by atoms with Crippen molar-refractivity contribution in [3.63, 3.8) is 0 Å². The van der Waals surface area contributed by atoms with Crippen LogP contribution in [0.25, 0.3) is 32.4 Å². The van der Waals surface area contributed by atoms with E-state index in [4.69, 9.17) is 9.15 Å². The van der Waals surface area contributed by atoms with Gasteiger partial charge < -0.3 is 19.4 Å². The van der Waals surface area contributed by atoms with Crippen LogP contribution in [-0.4, -0.2) is 21.2 Å². The molecule has 0 bridgehead atoms. The average Bonchev–Trinajstić information content (AvgIpc) is 3.33. The van der Waals surface area contributed by atoms with Crippen molar-refractivity contribution in [3.05, 3.63) is 87.6 Å². The molecule has 8 heteroatoms. The first-order valence-corrected chi connectivity index (χ1v) is 10.5. The SMILES string of the molecule is O=C(OCc1cc(=O)oc2cc(O)c(O)cc12)c1cc(-c2cccs2)nc2ccccc12. The van der Waals surface area contributed by atoms with Gasteiger partial charge in [-0.1, -0.05) is 24.3 Å². The molecule has 0 radical (unpaired) electrons. The number of esters is 1. The number of nitrogens with zero attached hydrogens (tertiary/aromatic N) is 1. The highest BCUT2D eigenvalue weighted by molar-refractivity contribution is 7.13. The van der Waals surface area contributed by atoms with Gasteiger partial charge in [-0.15, -0.1) is 11.3 Å². The van der Waals surface area contributed by atoms with E-state index in [0.717, 1.165) is 10.9 Å². The molecular formula is C24H15NO6S. The normalized spacial score (nSPS) is 11.1. The lowest BCUT2D eigenvalue weighted by atomic mass is 10.1. The zero-order chi connectivity index (χ0) is 22.2. The molecule has 0 aliphatic carbocycles. The number of para-hydroxylation sites is 1. The maximum atomic E-state index is 13.1. The Kier molecular flexibility index (Phi) is 4.84. The van der Waals surface area contributed by atoms with E-state index in [0.29, 0.717) is 33.1 Å². The van der Waals surface area contributed by atoms with Crippen LogP contribution in [0.2, 0.25) is 0 Å². The Morgan fingerprint density at radius 2 is 1.81 bits per heavy atom. The third-order valence-corrected chi connectivity index (χ3v) is 5.89. The molecule has 0 atom stereocenters. The van der Waals surface area contributed by atoms with Crippen molar-refractivity contribution in [3.8, 4) is 22.1 Å². The molecule has 5 rings (SSSR count). The van der Waals surface area contributed by atoms with Crippen molar-refractivity contribution in [2.45, 2.75) is 6.61 Å². The van der Waals surface area contributed by atoms with Gasteiger partial charge in [0.25, 0.3) is 0 Å². The number of aromatic hydroxyl groups is 2. The molecule has 0 aliphatic heterocycles. The minimum Gasteiger partial charge on any atom is -0.504 e. The Bertz CT molecular complexity index is 1540. The fourth-order valence-electron chi connectivity index (χ4n) is 3.49. The number of ether oxygens (including phenoxy) is 1. The van der Waals surface area contributed by atoms with Crippen LogP contribution in [0, 0.1) is 0 Å². The zero-order valence-corrected chi connectivity index (χ0v) is 17.3. The first-order valence-electron chi connectivity index (χ1n) is 9.59. The quantitative estimate of drug-likeness (QED) is 0.231. The smallest absolute Gasteiger partial charge is 0.339 e. The topological polar surface area (TPSA) is 110 Å². The summed E-state index contributed by atoms with van der Waals surface area (Å²) >= 11 is 1.52. The van der Waals surface area contributed by atoms with Crippen LogP contribution in [0.4, 0.5) is 0 Å². The van der Waals surface area contributed by atoms with Gasteiger partial charge in [0.05, 0.1) is 21.7 Å². The molecule has 2 N–H and O–H groups in total. The second kappa shape index (κ2) is 7.82. The monoisotopic (exact) mass is 445 g/mol. The van der Waals surface area contributed by atoms with Crippen LogP contribution < -0.4 is 5.63 Å². The average molecular weight is 445 g/mol. The summed E-state index contributed by atoms with van der Waals surface area (Å²) in [5, 5.41) is 22.4. The molecule has 32 heavy (non-hydrogen) atoms. The van der Waals surface area contributed by atoms with Gasteiger partial charge in [0.15, 0.2) is 11.5 Å². The van der Waals surface area contributed by atoms with Gasteiger partial charge in [0, 0.05) is 28.5 Å². The maximum absolute atomic E-state index is 13.1. The number of carbonyl (C=O) groups excluding carboxylic acids is 1. The third kappa shape index (κ3) is 3.57. The highest BCUT2D eigenvalue weighted by Crippen LogP contribution is 2.32. The standard InChI is InChI=1S/C24H15NO6S/c26-19-10-15-13(8-23(28)31-21(15)11-20(19)27)12-30-24(29)16-9-18(22-6-3-7-32-22)25-17-5-2-1-4-14(16)17/h1-11,26-27H,12H2. The fraction of sp³-hybridized carbons (Fsp3) is 0.0417. The zero-order valence-electron chi connectivity index (χ0n) is 16.4. The summed E-state index contributed by atoms with van der Waals surface area (Å²) in [7, 11) is 0. The molecule has 0 unspecified atom stereocenters. The van der Waals surface area contributed by atoms with Gasteiger partial charge in [0.1, 0.15) is 12.2 Å². The van der Waals surface area contributed by atoms with Crippen molar-refractivity contribution in [2.75, 3.05) is 0 Å². The summed E-state index contributed by atoms with van der Waals surface area (Å²) in [6.07, 6.45) is 0. The highest BCUT2D eigenvalue weighted by Gasteiger charge is 2.17. The van der Waals surface area contributed by atoms with E-state index >= 15 is 0 Å². The van der Waals surface area contributed by atoms with E-state index in [2.05, 4.69) is 4.98 Å². The van der Waals surface area contributed by atoms with Gasteiger partial charge >= 0.3 is 11.6 Å². The van der Waals surface area contributed by atoms with Gasteiger partial charge in [0.2, 0.25) is 0 Å². The van der Waals surface area contributed by atoms with Crippen molar-refractivity contribution < 1.29 is 24.2 Å². The molecule has 0 spiro atoms. The van der Waals surface area contributed by atoms with E-state index in [-0.39, 0.29) is 17.9 Å². The lowest BCUT2D eigenvalue weighted by Crippen LogP contribution is -2.09. The Balaban J connectivity index is 1.53. The van der Waals surface area contributed by atoms with Gasteiger partial charge in [-0.25, -0.2) is 14.6 Å². The number of fused-ring (bicyclic) bond motifs is 2. The molecule has 3 aromatic heterocycles. The molecule has 0 amide bonds. The van der Waals surface area contributed by atoms with Crippen LogP contribution >= 0.6 is 11.3 Å². The second-order valence-electron chi connectivity index (χ2n) is 7.05. The summed E-state index contributed by atoms with van der Waals surface area (Å²) in [6, 6.07) is 16.4. The van der Waals surface area contributed by atoms with Crippen LogP contribution in [0.3, 0.4) is 0 Å². The summed E-state index contributed by atoms with van der Waals surface area (Å²) in [4.78, 5) is 30.5. The number of pyridine rings is 1. The first kappa shape index (κ1) is 19.8. The summed E-state index contributed by atoms with van der Waals surface area (Å²) in [6.45, 7) is -0.226. The molecule has 2 aromatic carbocycles. The Labute approximate surface area is 184 Å². The van der Waals surface area contributed by atoms with Crippen LogP contribution in [0.5, 0.6) is 11.5 Å². The van der Waals surface area contributed by atoms with Crippen molar-refractivity contribution >= 4 is 39.2 Å². The lowest BCUT2D eigenvalue weighted by molar-refractivity contribution is 0.0476. The van der Waals surface area contributed by atoms with E-state index in [1.807, 2.05) is 35.7 Å². The molecule has 0 saturated carbocycles. The van der Waals surface area contributed by atoms with E-state index in [9.17, 15) is 19.8 Å². The van der Waals surface area contributed by atoms with Gasteiger partial charge in [-0.05, 0) is 29.6 Å². The Morgan fingerprint density at radius 1 is 1.00 bits per heavy atom. The summed E-state index contributed by atoms with van der Waals surface area (Å²) in [5.74, 6) is -1.37. The van der Waals surface area contributed by atoms with Crippen molar-refractivity contribution in [1.29, 1.82) is 0 Å². The first-order chi connectivity index (χ1) is 15.5. The number of benzene rings is 2. The number of hydrogen-bond donors (Lipinski definition) is 2. The van der Waals surface area contributed by atoms with E-state index in [1.54, 1.807) is 12.1 Å². The molecule has 7 nitrogen and oxygen atoms in total. The Hall–Kier alpha value is -4.17. The highest BCUT2D eigenvalue weighted by atomic mass is 32.1. The molecule has 3 heterocycles. The molecule has 5 aromatic rings. The maximum Gasteiger partial charge on any atom is 0.339 e. The van der Waals surface area contributed by atoms with Crippen molar-refractivity contribution in [1.82, 2.24) is 4.98 Å². The molecule has 0 fully saturated rings. The number of phenols is 2. The number of aromatic nitrogens is 1. The number of phenolic OH excluding ortho intramolecular Hbond substituents is 2. The summed E-state index contributed by atoms with van der Waals surface area (Å²) < 4.78 is 10.6. The fourth-order valence-corrected chi connectivity index (χ4v) is 4.17. The number of rotatable bonds is 4. The molecule has 0 saturated heterocycles. The number of hydrogen-bond acceptors (Lipinski definition) is 8. The minimum atomic E-state index is -0.664. The van der Waals surface area contributed by atoms with Crippen LogP contribution in [0.15, 0.2) is 75.3 Å². The third-order valence-electron chi connectivity index (χ3n) is 4.99. The van der Waals surface area contributed by atoms with E-state index in [1.165, 1.54) is 23.5 Å². The van der Waals surface area contributed by atoms with E-state index < -0.39 is 17.3 Å². The number of carbonyl (C=O) groups is 1. The molecular weight excluding hydrogens is 430 g/mol. The molecule has 158 valence electrons. The van der Waals surface area contributed by atoms with Crippen molar-refractivity contribution in [2.24, 2.45) is 0 Å². The predicted molar refractivity (Wildman–Crippen MR) is 120 cm³/mol. The van der Waals surface area contributed by atoms with Gasteiger partial charge in [-0.2, -0.15) is 0 Å².